The third-order valence-electron chi connectivity index (χ3n) is 6.54. The zero-order chi connectivity index (χ0) is 25.2. The predicted octanol–water partition coefficient (Wildman–Crippen LogP) is 4.79. The Hall–Kier alpha value is -3.63. The summed E-state index contributed by atoms with van der Waals surface area (Å²) in [4.78, 5) is 15.3. The van der Waals surface area contributed by atoms with E-state index in [9.17, 15) is 14.4 Å². The standard InChI is InChI=1S/C28H30FN3O3/c1-28(2)14-23-26(24(33)15-28)25(22(16-30)27(31)32(23)12-13-34-3)19-6-10-21(11-7-19)35-17-18-4-8-20(29)9-5-18/h4-11,25H,12-15,17,31H2,1-3H3/t25-/m0/s1. The van der Waals surface area contributed by atoms with E-state index in [4.69, 9.17) is 15.2 Å². The maximum atomic E-state index is 13.4. The van der Waals surface area contributed by atoms with Gasteiger partial charge in [-0.05, 0) is 47.2 Å². The Morgan fingerprint density at radius 3 is 2.46 bits per heavy atom. The Kier molecular flexibility index (Phi) is 6.95. The number of halogens is 1. The lowest BCUT2D eigenvalue weighted by molar-refractivity contribution is -0.118. The van der Waals surface area contributed by atoms with Crippen LogP contribution in [0.2, 0.25) is 0 Å². The molecule has 1 atom stereocenters. The fourth-order valence-electron chi connectivity index (χ4n) is 4.85. The van der Waals surface area contributed by atoms with E-state index in [-0.39, 0.29) is 17.0 Å². The molecule has 35 heavy (non-hydrogen) atoms. The van der Waals surface area contributed by atoms with Gasteiger partial charge in [-0.3, -0.25) is 4.79 Å². The van der Waals surface area contributed by atoms with Crippen LogP contribution < -0.4 is 10.5 Å². The van der Waals surface area contributed by atoms with E-state index in [0.717, 1.165) is 16.8 Å². The van der Waals surface area contributed by atoms with Gasteiger partial charge in [0.05, 0.1) is 24.2 Å². The summed E-state index contributed by atoms with van der Waals surface area (Å²) in [6, 6.07) is 15.8. The molecule has 0 radical (unpaired) electrons. The lowest BCUT2D eigenvalue weighted by atomic mass is 9.68. The molecule has 0 aromatic heterocycles. The largest absolute Gasteiger partial charge is 0.489 e. The second-order valence-corrected chi connectivity index (χ2v) is 9.77. The van der Waals surface area contributed by atoms with E-state index < -0.39 is 5.92 Å². The van der Waals surface area contributed by atoms with Gasteiger partial charge in [0.2, 0.25) is 0 Å². The SMILES string of the molecule is COCCN1C(N)=C(C#N)[C@H](c2ccc(OCc3ccc(F)cc3)cc2)C2=C1CC(C)(C)CC2=O. The molecule has 4 rings (SSSR count). The molecule has 0 fully saturated rings. The number of ketones is 1. The minimum absolute atomic E-state index is 0.0422. The first kappa shape index (κ1) is 24.5. The topological polar surface area (TPSA) is 88.6 Å². The third kappa shape index (κ3) is 5.08. The monoisotopic (exact) mass is 475 g/mol. The zero-order valence-corrected chi connectivity index (χ0v) is 20.3. The summed E-state index contributed by atoms with van der Waals surface area (Å²) in [5.41, 5.74) is 9.88. The van der Waals surface area contributed by atoms with E-state index in [1.807, 2.05) is 29.2 Å². The van der Waals surface area contributed by atoms with Gasteiger partial charge in [0, 0.05) is 31.3 Å². The van der Waals surface area contributed by atoms with Crippen LogP contribution in [0.25, 0.3) is 0 Å². The van der Waals surface area contributed by atoms with Crippen molar-refractivity contribution in [1.29, 1.82) is 5.26 Å². The van der Waals surface area contributed by atoms with Gasteiger partial charge in [-0.1, -0.05) is 38.1 Å². The summed E-state index contributed by atoms with van der Waals surface area (Å²) < 4.78 is 24.2. The van der Waals surface area contributed by atoms with E-state index in [0.29, 0.717) is 55.3 Å². The average molecular weight is 476 g/mol. The van der Waals surface area contributed by atoms with Crippen LogP contribution in [-0.4, -0.2) is 30.9 Å². The number of Topliss-reactive ketones (excluding diaryl/α,β-unsaturated/α-hetero) is 1. The van der Waals surface area contributed by atoms with Gasteiger partial charge in [0.25, 0.3) is 0 Å². The first-order chi connectivity index (χ1) is 16.7. The Morgan fingerprint density at radius 1 is 1.14 bits per heavy atom. The third-order valence-corrected chi connectivity index (χ3v) is 6.54. The van der Waals surface area contributed by atoms with Crippen LogP contribution >= 0.6 is 0 Å². The molecule has 2 aromatic carbocycles. The predicted molar refractivity (Wildman–Crippen MR) is 130 cm³/mol. The molecule has 0 bridgehead atoms. The van der Waals surface area contributed by atoms with Gasteiger partial charge in [0.15, 0.2) is 5.78 Å². The second kappa shape index (κ2) is 9.93. The molecule has 2 N–H and O–H groups in total. The van der Waals surface area contributed by atoms with E-state index in [2.05, 4.69) is 19.9 Å². The molecule has 6 nitrogen and oxygen atoms in total. The van der Waals surface area contributed by atoms with Gasteiger partial charge in [-0.25, -0.2) is 4.39 Å². The number of nitrogens with zero attached hydrogens (tertiary/aromatic N) is 2. The number of nitrogens with two attached hydrogens (primary N) is 1. The molecular formula is C28H30FN3O3. The molecule has 2 aromatic rings. The molecule has 1 heterocycles. The number of hydrogen-bond acceptors (Lipinski definition) is 6. The highest BCUT2D eigenvalue weighted by atomic mass is 19.1. The van der Waals surface area contributed by atoms with Crippen molar-refractivity contribution < 1.29 is 18.7 Å². The first-order valence-electron chi connectivity index (χ1n) is 11.6. The molecule has 0 saturated carbocycles. The maximum Gasteiger partial charge on any atom is 0.162 e. The molecule has 7 heteroatoms. The van der Waals surface area contributed by atoms with Crippen molar-refractivity contribution in [3.8, 4) is 11.8 Å². The van der Waals surface area contributed by atoms with Crippen LogP contribution in [0, 0.1) is 22.6 Å². The van der Waals surface area contributed by atoms with E-state index in [1.165, 1.54) is 12.1 Å². The number of benzene rings is 2. The van der Waals surface area contributed by atoms with Gasteiger partial charge < -0.3 is 20.1 Å². The molecule has 2 aliphatic rings. The van der Waals surface area contributed by atoms with Crippen LogP contribution in [-0.2, 0) is 16.1 Å². The van der Waals surface area contributed by atoms with E-state index in [1.54, 1.807) is 19.2 Å². The number of carbonyl (C=O) groups is 1. The first-order valence-corrected chi connectivity index (χ1v) is 11.6. The van der Waals surface area contributed by atoms with Gasteiger partial charge in [-0.15, -0.1) is 0 Å². The van der Waals surface area contributed by atoms with Crippen molar-refractivity contribution in [2.45, 2.75) is 39.2 Å². The van der Waals surface area contributed by atoms with Gasteiger partial charge >= 0.3 is 0 Å². The normalized spacial score (nSPS) is 19.5. The molecule has 0 saturated heterocycles. The number of ether oxygens (including phenoxy) is 2. The highest BCUT2D eigenvalue weighted by Crippen LogP contribution is 2.49. The maximum absolute atomic E-state index is 13.4. The fraction of sp³-hybridized carbons (Fsp3) is 0.357. The van der Waals surface area contributed by atoms with Crippen molar-refractivity contribution in [1.82, 2.24) is 4.90 Å². The number of allylic oxidation sites excluding steroid dienone is 3. The smallest absolute Gasteiger partial charge is 0.162 e. The lowest BCUT2D eigenvalue weighted by Gasteiger charge is -2.43. The Bertz CT molecular complexity index is 1210. The highest BCUT2D eigenvalue weighted by Gasteiger charge is 2.44. The van der Waals surface area contributed by atoms with Crippen LogP contribution in [0.3, 0.4) is 0 Å². The molecule has 0 spiro atoms. The van der Waals surface area contributed by atoms with Crippen molar-refractivity contribution in [2.75, 3.05) is 20.3 Å². The van der Waals surface area contributed by atoms with Crippen molar-refractivity contribution in [2.24, 2.45) is 11.1 Å². The van der Waals surface area contributed by atoms with Crippen LogP contribution in [0.15, 0.2) is 71.2 Å². The average Bonchev–Trinajstić information content (AvgIpc) is 2.82. The number of hydrogen-bond donors (Lipinski definition) is 1. The molecule has 0 amide bonds. The number of nitriles is 1. The van der Waals surface area contributed by atoms with Crippen molar-refractivity contribution in [3.05, 3.63) is 88.1 Å². The lowest BCUT2D eigenvalue weighted by Crippen LogP contribution is -2.43. The molecule has 1 aliphatic heterocycles. The molecular weight excluding hydrogens is 445 g/mol. The fourth-order valence-corrected chi connectivity index (χ4v) is 4.85. The number of methoxy groups -OCH3 is 1. The summed E-state index contributed by atoms with van der Waals surface area (Å²) in [6.45, 7) is 5.35. The number of rotatable bonds is 7. The quantitative estimate of drug-likeness (QED) is 0.620. The summed E-state index contributed by atoms with van der Waals surface area (Å²) in [7, 11) is 1.61. The summed E-state index contributed by atoms with van der Waals surface area (Å²) in [5.74, 6) is 0.234. The molecule has 1 aliphatic carbocycles. The van der Waals surface area contributed by atoms with Crippen LogP contribution in [0.4, 0.5) is 4.39 Å². The van der Waals surface area contributed by atoms with E-state index >= 15 is 0 Å². The zero-order valence-electron chi connectivity index (χ0n) is 20.3. The Balaban J connectivity index is 1.67. The summed E-state index contributed by atoms with van der Waals surface area (Å²) in [6.07, 6.45) is 1.10. The van der Waals surface area contributed by atoms with Gasteiger partial charge in [-0.2, -0.15) is 5.26 Å². The number of carbonyl (C=O) groups excluding carboxylic acids is 1. The minimum atomic E-state index is -0.524. The molecule has 182 valence electrons. The molecule has 0 unspecified atom stereocenters. The summed E-state index contributed by atoms with van der Waals surface area (Å²) >= 11 is 0. The Labute approximate surface area is 205 Å². The van der Waals surface area contributed by atoms with Crippen molar-refractivity contribution in [3.63, 3.8) is 0 Å². The Morgan fingerprint density at radius 2 is 1.83 bits per heavy atom. The summed E-state index contributed by atoms with van der Waals surface area (Å²) in [5, 5.41) is 10.1. The van der Waals surface area contributed by atoms with Crippen LogP contribution in [0.1, 0.15) is 43.7 Å². The minimum Gasteiger partial charge on any atom is -0.489 e. The second-order valence-electron chi connectivity index (χ2n) is 9.77. The van der Waals surface area contributed by atoms with Crippen molar-refractivity contribution >= 4 is 5.78 Å². The van der Waals surface area contributed by atoms with Crippen LogP contribution in [0.5, 0.6) is 5.75 Å². The highest BCUT2D eigenvalue weighted by molar-refractivity contribution is 6.00. The van der Waals surface area contributed by atoms with Gasteiger partial charge in [0.1, 0.15) is 24.0 Å².